The Labute approximate surface area is 307 Å². The molecule has 0 saturated carbocycles. The van der Waals surface area contributed by atoms with E-state index in [1.807, 2.05) is 67.6 Å². The molecule has 3 amide bonds. The van der Waals surface area contributed by atoms with Crippen LogP contribution < -0.4 is 10.6 Å². The van der Waals surface area contributed by atoms with Crippen molar-refractivity contribution in [1.29, 1.82) is 0 Å². The van der Waals surface area contributed by atoms with Crippen molar-refractivity contribution >= 4 is 58.7 Å². The fraction of sp³-hybridized carbons (Fsp3) is 0.343. The van der Waals surface area contributed by atoms with Crippen LogP contribution in [-0.2, 0) is 30.9 Å². The van der Waals surface area contributed by atoms with Crippen LogP contribution in [0.4, 0.5) is 4.79 Å². The maximum atomic E-state index is 14.4. The third-order valence-corrected chi connectivity index (χ3v) is 11.5. The molecule has 0 radical (unpaired) electrons. The highest BCUT2D eigenvalue weighted by Gasteiger charge is 2.56. The lowest BCUT2D eigenvalue weighted by Crippen LogP contribution is -2.71. The number of thioether (sulfide) groups is 2. The molecule has 4 heterocycles. The van der Waals surface area contributed by atoms with Crippen molar-refractivity contribution in [3.05, 3.63) is 105 Å². The normalized spacial score (nSPS) is 19.2. The molecule has 6 rings (SSSR count). The fourth-order valence-corrected chi connectivity index (χ4v) is 8.96. The van der Waals surface area contributed by atoms with Gasteiger partial charge in [-0.15, -0.1) is 28.2 Å². The van der Waals surface area contributed by atoms with Crippen molar-refractivity contribution in [3.8, 4) is 0 Å². The lowest BCUT2D eigenvalue weighted by atomic mass is 9.99. The number of hydrogen-bond acceptors (Lipinski definition) is 12. The van der Waals surface area contributed by atoms with Gasteiger partial charge in [-0.3, -0.25) is 14.5 Å². The molecule has 2 unspecified atom stereocenters. The zero-order valence-electron chi connectivity index (χ0n) is 28.5. The second-order valence-electron chi connectivity index (χ2n) is 12.8. The highest BCUT2D eigenvalue weighted by atomic mass is 32.2. The summed E-state index contributed by atoms with van der Waals surface area (Å²) in [6.07, 6.45) is -1.51. The Balaban J connectivity index is 1.29. The summed E-state index contributed by atoms with van der Waals surface area (Å²) in [4.78, 5) is 56.9. The molecule has 2 aromatic heterocycles. The van der Waals surface area contributed by atoms with Crippen LogP contribution in [0.15, 0.2) is 94.6 Å². The zero-order chi connectivity index (χ0) is 36.3. The average Bonchev–Trinajstić information content (AvgIpc) is 3.79. The SMILES string of the molecule is C[C@H]1S[C@H]2C(NC(=O)C(NC(=O)OC(C)(C)C)c3cccs3)C(=O)N2C(C(=O)OC(c2ccccc2)c2ccccc2)=C1CSc1nnnn1C. The van der Waals surface area contributed by atoms with E-state index in [4.69, 9.17) is 9.47 Å². The molecule has 0 bridgehead atoms. The molecular weight excluding hydrogens is 711 g/mol. The number of hydrogen-bond donors (Lipinski definition) is 2. The first-order chi connectivity index (χ1) is 24.4. The summed E-state index contributed by atoms with van der Waals surface area (Å²) < 4.78 is 13.2. The number of carbonyl (C=O) groups is 4. The van der Waals surface area contributed by atoms with Gasteiger partial charge in [0.1, 0.15) is 28.8 Å². The maximum absolute atomic E-state index is 14.4. The number of nitrogens with zero attached hydrogens (tertiary/aromatic N) is 5. The highest BCUT2D eigenvalue weighted by molar-refractivity contribution is 8.01. The van der Waals surface area contributed by atoms with Crippen molar-refractivity contribution in [3.63, 3.8) is 0 Å². The minimum Gasteiger partial charge on any atom is -0.448 e. The standard InChI is InChI=1S/C35H37N7O6S3/c1-20-23(19-50-33-38-39-40-41(33)5)27(32(45)47-28(21-13-8-6-9-14-21)22-15-10-7-11-16-22)42-30(44)26(31(42)51-20)36-29(43)25(24-17-12-18-49-24)37-34(46)48-35(2,3)4/h6-18,20,25-26,28,31H,19H2,1-5H3,(H,36,43)(H,37,46)/t20-,25?,26?,31+/m1/s1. The van der Waals surface area contributed by atoms with E-state index >= 15 is 0 Å². The van der Waals surface area contributed by atoms with Crippen LogP contribution in [0.5, 0.6) is 0 Å². The summed E-state index contributed by atoms with van der Waals surface area (Å²) in [7, 11) is 1.72. The van der Waals surface area contributed by atoms with Gasteiger partial charge in [0.05, 0.1) is 0 Å². The Bertz CT molecular complexity index is 1870. The molecule has 4 atom stereocenters. The van der Waals surface area contributed by atoms with Crippen molar-refractivity contribution in [2.45, 2.75) is 67.3 Å². The van der Waals surface area contributed by atoms with E-state index < -0.39 is 53.0 Å². The number of aromatic nitrogens is 4. The number of alkyl carbamates (subject to hydrolysis) is 1. The molecule has 4 aromatic rings. The molecule has 0 spiro atoms. The average molecular weight is 748 g/mol. The smallest absolute Gasteiger partial charge is 0.408 e. The minimum atomic E-state index is -1.10. The lowest BCUT2D eigenvalue weighted by molar-refractivity contribution is -0.155. The van der Waals surface area contributed by atoms with Crippen LogP contribution in [0, 0.1) is 0 Å². The van der Waals surface area contributed by atoms with Crippen LogP contribution >= 0.6 is 34.9 Å². The van der Waals surface area contributed by atoms with Crippen molar-refractivity contribution in [1.82, 2.24) is 35.7 Å². The second kappa shape index (κ2) is 15.3. The Morgan fingerprint density at radius 3 is 2.24 bits per heavy atom. The molecule has 2 aliphatic rings. The van der Waals surface area contributed by atoms with E-state index in [0.29, 0.717) is 21.4 Å². The van der Waals surface area contributed by atoms with Gasteiger partial charge in [-0.25, -0.2) is 14.3 Å². The van der Waals surface area contributed by atoms with Gasteiger partial charge in [0.25, 0.3) is 5.91 Å². The summed E-state index contributed by atoms with van der Waals surface area (Å²) in [5.74, 6) is -1.41. The fourth-order valence-electron chi connectivity index (χ4n) is 5.64. The number of fused-ring (bicyclic) bond motifs is 1. The molecule has 0 aliphatic carbocycles. The molecule has 51 heavy (non-hydrogen) atoms. The molecule has 2 aliphatic heterocycles. The number of thiophene rings is 1. The number of carbonyl (C=O) groups excluding carboxylic acids is 4. The topological polar surface area (TPSA) is 158 Å². The first kappa shape index (κ1) is 36.1. The Hall–Kier alpha value is -4.67. The van der Waals surface area contributed by atoms with Crippen molar-refractivity contribution < 1.29 is 28.7 Å². The van der Waals surface area contributed by atoms with Gasteiger partial charge in [-0.2, -0.15) is 0 Å². The van der Waals surface area contributed by atoms with E-state index in [2.05, 4.69) is 26.2 Å². The number of β-lactam (4-membered cyclic amide) rings is 1. The number of rotatable bonds is 11. The molecule has 2 aromatic carbocycles. The van der Waals surface area contributed by atoms with Crippen LogP contribution in [0.3, 0.4) is 0 Å². The summed E-state index contributed by atoms with van der Waals surface area (Å²) in [5.41, 5.74) is 1.56. The Morgan fingerprint density at radius 1 is 1.00 bits per heavy atom. The van der Waals surface area contributed by atoms with Gasteiger partial charge in [0, 0.05) is 22.9 Å². The summed E-state index contributed by atoms with van der Waals surface area (Å²) >= 11 is 4.07. The molecule has 266 valence electrons. The number of benzene rings is 2. The minimum absolute atomic E-state index is 0.128. The monoisotopic (exact) mass is 747 g/mol. The second-order valence-corrected chi connectivity index (χ2v) is 16.2. The molecular formula is C35H37N7O6S3. The summed E-state index contributed by atoms with van der Waals surface area (Å²) in [5, 5.41) is 18.6. The number of esters is 1. The van der Waals surface area contributed by atoms with Gasteiger partial charge < -0.3 is 20.1 Å². The van der Waals surface area contributed by atoms with E-state index in [1.54, 1.807) is 45.3 Å². The molecule has 2 N–H and O–H groups in total. The number of nitrogens with one attached hydrogen (secondary N) is 2. The molecule has 1 saturated heterocycles. The summed E-state index contributed by atoms with van der Waals surface area (Å²) in [6.45, 7) is 7.13. The van der Waals surface area contributed by atoms with Crippen LogP contribution in [0.25, 0.3) is 0 Å². The lowest BCUT2D eigenvalue weighted by Gasteiger charge is -2.51. The Morgan fingerprint density at radius 2 is 1.67 bits per heavy atom. The number of ether oxygens (including phenoxy) is 2. The highest BCUT2D eigenvalue weighted by Crippen LogP contribution is 2.46. The maximum Gasteiger partial charge on any atom is 0.408 e. The zero-order valence-corrected chi connectivity index (χ0v) is 31.0. The number of amides is 3. The number of tetrazole rings is 1. The van der Waals surface area contributed by atoms with Crippen LogP contribution in [0.2, 0.25) is 0 Å². The molecule has 16 heteroatoms. The van der Waals surface area contributed by atoms with E-state index in [1.165, 1.54) is 44.4 Å². The third-order valence-electron chi connectivity index (χ3n) is 8.03. The van der Waals surface area contributed by atoms with Crippen LogP contribution in [0.1, 0.15) is 55.8 Å². The van der Waals surface area contributed by atoms with Crippen LogP contribution in [-0.4, -0.2) is 77.0 Å². The van der Waals surface area contributed by atoms with Crippen molar-refractivity contribution in [2.24, 2.45) is 7.05 Å². The van der Waals surface area contributed by atoms with Gasteiger partial charge in [0.15, 0.2) is 6.10 Å². The van der Waals surface area contributed by atoms with Gasteiger partial charge in [0.2, 0.25) is 11.1 Å². The third kappa shape index (κ3) is 8.13. The molecule has 13 nitrogen and oxygen atoms in total. The number of aryl methyl sites for hydroxylation is 1. The Kier molecular flexibility index (Phi) is 10.8. The van der Waals surface area contributed by atoms with Crippen molar-refractivity contribution in [2.75, 3.05) is 5.75 Å². The van der Waals surface area contributed by atoms with Gasteiger partial charge in [-0.1, -0.05) is 78.5 Å². The first-order valence-corrected chi connectivity index (χ1v) is 18.9. The van der Waals surface area contributed by atoms with E-state index in [0.717, 1.165) is 11.1 Å². The quantitative estimate of drug-likeness (QED) is 0.121. The predicted molar refractivity (Wildman–Crippen MR) is 193 cm³/mol. The molecule has 1 fully saturated rings. The van der Waals surface area contributed by atoms with Gasteiger partial charge >= 0.3 is 12.1 Å². The van der Waals surface area contributed by atoms with Gasteiger partial charge in [-0.05, 0) is 66.3 Å². The largest absolute Gasteiger partial charge is 0.448 e. The van der Waals surface area contributed by atoms with E-state index in [-0.39, 0.29) is 10.9 Å². The summed E-state index contributed by atoms with van der Waals surface area (Å²) in [6, 6.07) is 20.2. The van der Waals surface area contributed by atoms with E-state index in [9.17, 15) is 19.2 Å². The first-order valence-electron chi connectivity index (χ1n) is 16.1. The predicted octanol–water partition coefficient (Wildman–Crippen LogP) is 5.01.